The van der Waals surface area contributed by atoms with E-state index in [2.05, 4.69) is 10.3 Å². The molecule has 140 valence electrons. The highest BCUT2D eigenvalue weighted by Gasteiger charge is 2.24. The molecule has 27 heavy (non-hydrogen) atoms. The second-order valence-corrected chi connectivity index (χ2v) is 6.19. The molecular weight excluding hydrogens is 354 g/mol. The SMILES string of the molecule is N#Cc1ccc(OC2CCN(C(=O)NCc3ccc(F)cn3)CC2)c(F)c1. The first kappa shape index (κ1) is 18.6. The van der Waals surface area contributed by atoms with Gasteiger partial charge in [0.1, 0.15) is 11.9 Å². The molecule has 0 spiro atoms. The minimum Gasteiger partial charge on any atom is -0.487 e. The van der Waals surface area contributed by atoms with Crippen LogP contribution in [0.25, 0.3) is 0 Å². The minimum absolute atomic E-state index is 0.110. The number of halogens is 2. The van der Waals surface area contributed by atoms with Crippen molar-refractivity contribution >= 4 is 6.03 Å². The molecule has 0 bridgehead atoms. The Kier molecular flexibility index (Phi) is 5.81. The van der Waals surface area contributed by atoms with Crippen molar-refractivity contribution in [1.82, 2.24) is 15.2 Å². The van der Waals surface area contributed by atoms with Gasteiger partial charge in [0.05, 0.1) is 30.1 Å². The van der Waals surface area contributed by atoms with Gasteiger partial charge in [-0.05, 0) is 30.3 Å². The van der Waals surface area contributed by atoms with E-state index in [4.69, 9.17) is 10.00 Å². The largest absolute Gasteiger partial charge is 0.487 e. The van der Waals surface area contributed by atoms with Gasteiger partial charge in [0.25, 0.3) is 0 Å². The number of amides is 2. The van der Waals surface area contributed by atoms with Crippen molar-refractivity contribution in [3.8, 4) is 11.8 Å². The molecule has 2 aromatic rings. The van der Waals surface area contributed by atoms with Crippen molar-refractivity contribution < 1.29 is 18.3 Å². The molecule has 8 heteroatoms. The van der Waals surface area contributed by atoms with Crippen molar-refractivity contribution in [1.29, 1.82) is 5.26 Å². The highest BCUT2D eigenvalue weighted by Crippen LogP contribution is 2.23. The van der Waals surface area contributed by atoms with Gasteiger partial charge in [0.2, 0.25) is 0 Å². The van der Waals surface area contributed by atoms with Gasteiger partial charge >= 0.3 is 6.03 Å². The van der Waals surface area contributed by atoms with Gasteiger partial charge < -0.3 is 15.0 Å². The molecule has 0 aliphatic carbocycles. The third kappa shape index (κ3) is 4.91. The molecule has 1 saturated heterocycles. The van der Waals surface area contributed by atoms with Gasteiger partial charge in [-0.3, -0.25) is 4.98 Å². The zero-order valence-corrected chi connectivity index (χ0v) is 14.5. The number of rotatable bonds is 4. The van der Waals surface area contributed by atoms with Crippen LogP contribution in [0.4, 0.5) is 13.6 Å². The van der Waals surface area contributed by atoms with Crippen LogP contribution in [-0.2, 0) is 6.54 Å². The number of nitriles is 1. The molecule has 2 amide bonds. The van der Waals surface area contributed by atoms with E-state index in [0.29, 0.717) is 31.6 Å². The highest BCUT2D eigenvalue weighted by atomic mass is 19.1. The third-order valence-electron chi connectivity index (χ3n) is 4.29. The van der Waals surface area contributed by atoms with Gasteiger partial charge in [-0.1, -0.05) is 0 Å². The first-order valence-electron chi connectivity index (χ1n) is 8.54. The third-order valence-corrected chi connectivity index (χ3v) is 4.29. The summed E-state index contributed by atoms with van der Waals surface area (Å²) in [6.45, 7) is 1.17. The Balaban J connectivity index is 1.46. The predicted octanol–water partition coefficient (Wildman–Crippen LogP) is 2.98. The second kappa shape index (κ2) is 8.45. The maximum absolute atomic E-state index is 13.9. The number of pyridine rings is 1. The van der Waals surface area contributed by atoms with Crippen molar-refractivity contribution in [2.24, 2.45) is 0 Å². The van der Waals surface area contributed by atoms with Crippen molar-refractivity contribution in [2.75, 3.05) is 13.1 Å². The van der Waals surface area contributed by atoms with E-state index in [1.807, 2.05) is 6.07 Å². The number of carbonyl (C=O) groups excluding carboxylic acids is 1. The van der Waals surface area contributed by atoms with Crippen molar-refractivity contribution in [3.63, 3.8) is 0 Å². The molecule has 1 N–H and O–H groups in total. The van der Waals surface area contributed by atoms with Gasteiger partial charge in [-0.2, -0.15) is 5.26 Å². The molecule has 0 radical (unpaired) electrons. The number of nitrogens with zero attached hydrogens (tertiary/aromatic N) is 3. The van der Waals surface area contributed by atoms with Crippen LogP contribution in [-0.4, -0.2) is 35.1 Å². The summed E-state index contributed by atoms with van der Waals surface area (Å²) in [5.74, 6) is -0.883. The van der Waals surface area contributed by atoms with E-state index < -0.39 is 11.6 Å². The molecule has 0 unspecified atom stereocenters. The molecule has 3 rings (SSSR count). The fraction of sp³-hybridized carbons (Fsp3) is 0.316. The maximum Gasteiger partial charge on any atom is 0.317 e. The number of carbonyl (C=O) groups is 1. The summed E-state index contributed by atoms with van der Waals surface area (Å²) in [6, 6.07) is 8.54. The lowest BCUT2D eigenvalue weighted by molar-refractivity contribution is 0.107. The lowest BCUT2D eigenvalue weighted by atomic mass is 10.1. The van der Waals surface area contributed by atoms with Gasteiger partial charge in [-0.25, -0.2) is 13.6 Å². The van der Waals surface area contributed by atoms with E-state index in [1.54, 1.807) is 4.90 Å². The van der Waals surface area contributed by atoms with Crippen LogP contribution in [0, 0.1) is 23.0 Å². The Morgan fingerprint density at radius 3 is 2.70 bits per heavy atom. The van der Waals surface area contributed by atoms with E-state index in [-0.39, 0.29) is 30.0 Å². The first-order valence-corrected chi connectivity index (χ1v) is 8.54. The number of likely N-dealkylation sites (tertiary alicyclic amines) is 1. The number of urea groups is 1. The van der Waals surface area contributed by atoms with Crippen LogP contribution >= 0.6 is 0 Å². The van der Waals surface area contributed by atoms with Gasteiger partial charge in [0, 0.05) is 25.9 Å². The van der Waals surface area contributed by atoms with E-state index in [0.717, 1.165) is 12.3 Å². The smallest absolute Gasteiger partial charge is 0.317 e. The van der Waals surface area contributed by atoms with Crippen LogP contribution in [0.5, 0.6) is 5.75 Å². The molecular formula is C19H18F2N4O2. The van der Waals surface area contributed by atoms with Gasteiger partial charge in [-0.15, -0.1) is 0 Å². The molecule has 1 aliphatic heterocycles. The van der Waals surface area contributed by atoms with Crippen LogP contribution in [0.3, 0.4) is 0 Å². The Bertz CT molecular complexity index is 844. The molecule has 6 nitrogen and oxygen atoms in total. The topological polar surface area (TPSA) is 78.2 Å². The summed E-state index contributed by atoms with van der Waals surface area (Å²) in [5, 5.41) is 11.5. The van der Waals surface area contributed by atoms with Crippen molar-refractivity contribution in [2.45, 2.75) is 25.5 Å². The molecule has 1 aromatic heterocycles. The first-order chi connectivity index (χ1) is 13.0. The van der Waals surface area contributed by atoms with Crippen LogP contribution in [0.2, 0.25) is 0 Å². The number of hydrogen-bond acceptors (Lipinski definition) is 4. The summed E-state index contributed by atoms with van der Waals surface area (Å²) in [5.41, 5.74) is 0.807. The number of piperidine rings is 1. The Morgan fingerprint density at radius 1 is 1.30 bits per heavy atom. The number of hydrogen-bond donors (Lipinski definition) is 1. The quantitative estimate of drug-likeness (QED) is 0.895. The Morgan fingerprint density at radius 2 is 2.07 bits per heavy atom. The minimum atomic E-state index is -0.568. The molecule has 1 fully saturated rings. The highest BCUT2D eigenvalue weighted by molar-refractivity contribution is 5.74. The van der Waals surface area contributed by atoms with Crippen LogP contribution in [0.1, 0.15) is 24.1 Å². The number of benzene rings is 1. The average molecular weight is 372 g/mol. The fourth-order valence-corrected chi connectivity index (χ4v) is 2.81. The summed E-state index contributed by atoms with van der Waals surface area (Å²) in [4.78, 5) is 17.8. The van der Waals surface area contributed by atoms with E-state index in [1.165, 1.54) is 24.3 Å². The number of ether oxygens (including phenoxy) is 1. The Hall–Kier alpha value is -3.21. The fourth-order valence-electron chi connectivity index (χ4n) is 2.81. The van der Waals surface area contributed by atoms with Crippen molar-refractivity contribution in [3.05, 3.63) is 59.4 Å². The predicted molar refractivity (Wildman–Crippen MR) is 92.8 cm³/mol. The summed E-state index contributed by atoms with van der Waals surface area (Å²) >= 11 is 0. The van der Waals surface area contributed by atoms with E-state index >= 15 is 0 Å². The Labute approximate surface area is 155 Å². The molecule has 2 heterocycles. The zero-order valence-electron chi connectivity index (χ0n) is 14.5. The van der Waals surface area contributed by atoms with E-state index in [9.17, 15) is 13.6 Å². The summed E-state index contributed by atoms with van der Waals surface area (Å²) in [6.07, 6.45) is 2.05. The zero-order chi connectivity index (χ0) is 19.2. The maximum atomic E-state index is 13.9. The average Bonchev–Trinajstić information content (AvgIpc) is 2.69. The molecule has 1 aromatic carbocycles. The summed E-state index contributed by atoms with van der Waals surface area (Å²) in [7, 11) is 0. The van der Waals surface area contributed by atoms with Crippen LogP contribution in [0.15, 0.2) is 36.5 Å². The monoisotopic (exact) mass is 372 g/mol. The number of aromatic nitrogens is 1. The molecule has 1 aliphatic rings. The standard InChI is InChI=1S/C19H18F2N4O2/c20-14-2-3-15(23-11-14)12-24-19(26)25-7-5-16(6-8-25)27-18-4-1-13(10-22)9-17(18)21/h1-4,9,11,16H,5-8,12H2,(H,24,26). The lowest BCUT2D eigenvalue weighted by Gasteiger charge is -2.32. The van der Waals surface area contributed by atoms with Gasteiger partial charge in [0.15, 0.2) is 11.6 Å². The molecule has 0 atom stereocenters. The lowest BCUT2D eigenvalue weighted by Crippen LogP contribution is -2.46. The van der Waals surface area contributed by atoms with Crippen LogP contribution < -0.4 is 10.1 Å². The normalized spacial score (nSPS) is 14.5. The summed E-state index contributed by atoms with van der Waals surface area (Å²) < 4.78 is 32.4. The second-order valence-electron chi connectivity index (χ2n) is 6.19. The number of nitrogens with one attached hydrogen (secondary N) is 1. The molecule has 0 saturated carbocycles.